The molecule has 0 aromatic heterocycles. The van der Waals surface area contributed by atoms with Crippen LogP contribution in [0.3, 0.4) is 0 Å². The number of benzene rings is 1. The first kappa shape index (κ1) is 11.2. The van der Waals surface area contributed by atoms with E-state index in [2.05, 4.69) is 0 Å². The van der Waals surface area contributed by atoms with Gasteiger partial charge in [0.05, 0.1) is 0 Å². The van der Waals surface area contributed by atoms with Gasteiger partial charge in [-0.3, -0.25) is 4.79 Å². The number of nitrogens with two attached hydrogens (primary N) is 1. The van der Waals surface area contributed by atoms with E-state index in [1.165, 1.54) is 0 Å². The number of esters is 1. The van der Waals surface area contributed by atoms with Gasteiger partial charge in [-0.2, -0.15) is 0 Å². The van der Waals surface area contributed by atoms with Gasteiger partial charge < -0.3 is 10.5 Å². The molecule has 4 heteroatoms. The molecule has 0 unspecified atom stereocenters. The number of rotatable bonds is 1. The van der Waals surface area contributed by atoms with Crippen molar-refractivity contribution in [2.75, 3.05) is 0 Å². The maximum absolute atomic E-state index is 11.0. The zero-order valence-corrected chi connectivity index (χ0v) is 8.96. The Morgan fingerprint density at radius 2 is 1.60 bits per heavy atom. The molecule has 0 atom stereocenters. The van der Waals surface area contributed by atoms with Gasteiger partial charge in [-0.15, -0.1) is 0 Å². The van der Waals surface area contributed by atoms with E-state index in [0.29, 0.717) is 5.75 Å². The van der Waals surface area contributed by atoms with E-state index in [4.69, 9.17) is 10.5 Å². The highest BCUT2D eigenvalue weighted by Gasteiger charge is 2.14. The van der Waals surface area contributed by atoms with Gasteiger partial charge in [0.1, 0.15) is 5.75 Å². The minimum Gasteiger partial charge on any atom is -0.419 e. The first-order chi connectivity index (χ1) is 6.91. The fourth-order valence-corrected chi connectivity index (χ4v) is 1.47. The number of amides is 1. The first-order valence-corrected chi connectivity index (χ1v) is 4.51. The van der Waals surface area contributed by atoms with Crippen molar-refractivity contribution in [3.05, 3.63) is 28.8 Å². The van der Waals surface area contributed by atoms with E-state index in [1.807, 2.05) is 32.9 Å². The fraction of sp³-hybridized carbons (Fsp3) is 0.273. The summed E-state index contributed by atoms with van der Waals surface area (Å²) in [5.74, 6) is -1.72. The molecule has 0 saturated carbocycles. The molecule has 0 aliphatic rings. The maximum atomic E-state index is 11.0. The van der Waals surface area contributed by atoms with Crippen LogP contribution in [0.4, 0.5) is 0 Å². The normalized spacial score (nSPS) is 9.80. The Kier molecular flexibility index (Phi) is 3.09. The number of hydrogen-bond acceptors (Lipinski definition) is 3. The zero-order chi connectivity index (χ0) is 11.6. The predicted octanol–water partition coefficient (Wildman–Crippen LogP) is 1.00. The van der Waals surface area contributed by atoms with Crippen molar-refractivity contribution < 1.29 is 14.3 Å². The van der Waals surface area contributed by atoms with Crippen LogP contribution in [0, 0.1) is 20.8 Å². The SMILES string of the molecule is Cc1cc(C)c(OC(=O)C(N)=O)c(C)c1. The second kappa shape index (κ2) is 4.13. The van der Waals surface area contributed by atoms with Crippen molar-refractivity contribution in [2.45, 2.75) is 20.8 Å². The van der Waals surface area contributed by atoms with E-state index in [0.717, 1.165) is 16.7 Å². The Balaban J connectivity index is 3.05. The standard InChI is InChI=1S/C11H13NO3/c1-6-4-7(2)9(8(3)5-6)15-11(14)10(12)13/h4-5H,1-3H3,(H2,12,13). The van der Waals surface area contributed by atoms with Gasteiger partial charge in [0, 0.05) is 0 Å². The molecule has 1 rings (SSSR count). The van der Waals surface area contributed by atoms with Crippen LogP contribution in [0.5, 0.6) is 5.75 Å². The summed E-state index contributed by atoms with van der Waals surface area (Å²) in [4.78, 5) is 21.5. The van der Waals surface area contributed by atoms with E-state index in [9.17, 15) is 9.59 Å². The number of primary amides is 1. The second-order valence-corrected chi connectivity index (χ2v) is 3.48. The quantitative estimate of drug-likeness (QED) is 0.424. The van der Waals surface area contributed by atoms with Crippen LogP contribution in [0.2, 0.25) is 0 Å². The molecule has 2 N–H and O–H groups in total. The van der Waals surface area contributed by atoms with Gasteiger partial charge in [-0.05, 0) is 31.9 Å². The van der Waals surface area contributed by atoms with Crippen LogP contribution in [-0.2, 0) is 9.59 Å². The summed E-state index contributed by atoms with van der Waals surface area (Å²) in [6, 6.07) is 3.74. The lowest BCUT2D eigenvalue weighted by Crippen LogP contribution is -2.28. The number of ether oxygens (including phenoxy) is 1. The van der Waals surface area contributed by atoms with Crippen LogP contribution in [0.15, 0.2) is 12.1 Å². The minimum absolute atomic E-state index is 0.407. The van der Waals surface area contributed by atoms with Gasteiger partial charge in [0.2, 0.25) is 0 Å². The monoisotopic (exact) mass is 207 g/mol. The lowest BCUT2D eigenvalue weighted by molar-refractivity contribution is -0.146. The minimum atomic E-state index is -1.09. The number of carbonyl (C=O) groups is 2. The lowest BCUT2D eigenvalue weighted by atomic mass is 10.1. The summed E-state index contributed by atoms with van der Waals surface area (Å²) in [6.45, 7) is 5.56. The highest BCUT2D eigenvalue weighted by molar-refractivity contribution is 6.32. The Morgan fingerprint density at radius 3 is 2.00 bits per heavy atom. The topological polar surface area (TPSA) is 69.4 Å². The Labute approximate surface area is 88.0 Å². The van der Waals surface area contributed by atoms with Crippen LogP contribution in [0.25, 0.3) is 0 Å². The molecule has 1 aromatic carbocycles. The molecule has 0 radical (unpaired) electrons. The molecular formula is C11H13NO3. The molecule has 0 aliphatic carbocycles. The molecule has 1 aromatic rings. The second-order valence-electron chi connectivity index (χ2n) is 3.48. The molecule has 0 saturated heterocycles. The summed E-state index contributed by atoms with van der Waals surface area (Å²) < 4.78 is 4.88. The van der Waals surface area contributed by atoms with Gasteiger partial charge >= 0.3 is 11.9 Å². The van der Waals surface area contributed by atoms with Crippen LogP contribution in [-0.4, -0.2) is 11.9 Å². The van der Waals surface area contributed by atoms with E-state index < -0.39 is 11.9 Å². The molecule has 0 aliphatic heterocycles. The van der Waals surface area contributed by atoms with Crippen LogP contribution >= 0.6 is 0 Å². The molecular weight excluding hydrogens is 194 g/mol. The molecule has 15 heavy (non-hydrogen) atoms. The third-order valence-corrected chi connectivity index (χ3v) is 2.00. The van der Waals surface area contributed by atoms with Gasteiger partial charge in [0.25, 0.3) is 0 Å². The largest absolute Gasteiger partial charge is 0.419 e. The third-order valence-electron chi connectivity index (χ3n) is 2.00. The fourth-order valence-electron chi connectivity index (χ4n) is 1.47. The van der Waals surface area contributed by atoms with Crippen molar-refractivity contribution in [1.29, 1.82) is 0 Å². The molecule has 80 valence electrons. The maximum Gasteiger partial charge on any atom is 0.401 e. The number of aryl methyl sites for hydroxylation is 3. The molecule has 1 amide bonds. The van der Waals surface area contributed by atoms with Crippen LogP contribution in [0.1, 0.15) is 16.7 Å². The summed E-state index contributed by atoms with van der Waals surface area (Å²) in [7, 11) is 0. The van der Waals surface area contributed by atoms with Crippen molar-refractivity contribution >= 4 is 11.9 Å². The Hall–Kier alpha value is -1.84. The zero-order valence-electron chi connectivity index (χ0n) is 8.96. The third kappa shape index (κ3) is 2.56. The van der Waals surface area contributed by atoms with Gasteiger partial charge in [-0.25, -0.2) is 4.79 Å². The summed E-state index contributed by atoms with van der Waals surface area (Å²) in [5.41, 5.74) is 7.49. The molecule has 0 fully saturated rings. The summed E-state index contributed by atoms with van der Waals surface area (Å²) in [6.07, 6.45) is 0. The van der Waals surface area contributed by atoms with Crippen molar-refractivity contribution in [2.24, 2.45) is 5.73 Å². The summed E-state index contributed by atoms with van der Waals surface area (Å²) in [5, 5.41) is 0. The molecule has 4 nitrogen and oxygen atoms in total. The van der Waals surface area contributed by atoms with E-state index >= 15 is 0 Å². The number of hydrogen-bond donors (Lipinski definition) is 1. The van der Waals surface area contributed by atoms with E-state index in [-0.39, 0.29) is 0 Å². The average molecular weight is 207 g/mol. The lowest BCUT2D eigenvalue weighted by Gasteiger charge is -2.09. The molecule has 0 spiro atoms. The average Bonchev–Trinajstić information content (AvgIpc) is 2.10. The van der Waals surface area contributed by atoms with Crippen molar-refractivity contribution in [1.82, 2.24) is 0 Å². The molecule has 0 heterocycles. The van der Waals surface area contributed by atoms with E-state index in [1.54, 1.807) is 0 Å². The van der Waals surface area contributed by atoms with Gasteiger partial charge in [-0.1, -0.05) is 17.7 Å². The Bertz CT molecular complexity index is 401. The van der Waals surface area contributed by atoms with Gasteiger partial charge in [0.15, 0.2) is 0 Å². The highest BCUT2D eigenvalue weighted by Crippen LogP contribution is 2.24. The smallest absolute Gasteiger partial charge is 0.401 e. The predicted molar refractivity (Wildman–Crippen MR) is 55.5 cm³/mol. The highest BCUT2D eigenvalue weighted by atomic mass is 16.5. The number of carbonyl (C=O) groups excluding carboxylic acids is 2. The Morgan fingerprint density at radius 1 is 1.13 bits per heavy atom. The van der Waals surface area contributed by atoms with Crippen molar-refractivity contribution in [3.63, 3.8) is 0 Å². The summed E-state index contributed by atoms with van der Waals surface area (Å²) >= 11 is 0. The van der Waals surface area contributed by atoms with Crippen LogP contribution < -0.4 is 10.5 Å². The van der Waals surface area contributed by atoms with Crippen molar-refractivity contribution in [3.8, 4) is 5.75 Å². The first-order valence-electron chi connectivity index (χ1n) is 4.51. The molecule has 0 bridgehead atoms.